The number of carbonyl (C=O) groups excluding carboxylic acids is 1. The molecule has 0 fully saturated rings. The highest BCUT2D eigenvalue weighted by molar-refractivity contribution is 7.10. The van der Waals surface area contributed by atoms with Crippen molar-refractivity contribution in [3.8, 4) is 5.75 Å². The average molecular weight is 346 g/mol. The van der Waals surface area contributed by atoms with E-state index in [9.17, 15) is 4.79 Å². The molecule has 0 aliphatic heterocycles. The van der Waals surface area contributed by atoms with Gasteiger partial charge in [0, 0.05) is 17.8 Å². The van der Waals surface area contributed by atoms with Gasteiger partial charge in [0.2, 0.25) is 5.91 Å². The number of nitrogens with one attached hydrogen (secondary N) is 1. The van der Waals surface area contributed by atoms with Gasteiger partial charge < -0.3 is 15.0 Å². The first kappa shape index (κ1) is 18.5. The van der Waals surface area contributed by atoms with Crippen LogP contribution in [-0.4, -0.2) is 38.1 Å². The third kappa shape index (κ3) is 5.65. The number of ether oxygens (including phenoxy) is 1. The molecule has 0 radical (unpaired) electrons. The fraction of sp³-hybridized carbons (Fsp3) is 0.421. The van der Waals surface area contributed by atoms with Crippen molar-refractivity contribution >= 4 is 17.2 Å². The largest absolute Gasteiger partial charge is 0.493 e. The van der Waals surface area contributed by atoms with Gasteiger partial charge in [0.05, 0.1) is 12.6 Å². The SMILES string of the molecule is Cc1ccccc1OCCCC(=O)NCC(c1cccs1)N(C)C. The summed E-state index contributed by atoms with van der Waals surface area (Å²) in [5, 5.41) is 5.10. The Kier molecular flexibility index (Phi) is 7.28. The maximum Gasteiger partial charge on any atom is 0.220 e. The summed E-state index contributed by atoms with van der Waals surface area (Å²) in [6.07, 6.45) is 1.20. The summed E-state index contributed by atoms with van der Waals surface area (Å²) in [5.41, 5.74) is 1.12. The first-order valence-corrected chi connectivity index (χ1v) is 9.11. The maximum absolute atomic E-state index is 12.0. The lowest BCUT2D eigenvalue weighted by Gasteiger charge is -2.23. The van der Waals surface area contributed by atoms with Crippen LogP contribution in [0.5, 0.6) is 5.75 Å². The van der Waals surface area contributed by atoms with E-state index in [-0.39, 0.29) is 11.9 Å². The molecule has 5 heteroatoms. The molecule has 2 rings (SSSR count). The van der Waals surface area contributed by atoms with E-state index in [0.717, 1.165) is 11.3 Å². The molecule has 1 unspecified atom stereocenters. The number of thiophene rings is 1. The molecule has 1 aromatic heterocycles. The number of benzene rings is 1. The van der Waals surface area contributed by atoms with Crippen molar-refractivity contribution in [2.45, 2.75) is 25.8 Å². The number of amides is 1. The Bertz CT molecular complexity index is 626. The molecule has 1 amide bonds. The molecule has 4 nitrogen and oxygen atoms in total. The summed E-state index contributed by atoms with van der Waals surface area (Å²) >= 11 is 1.72. The second kappa shape index (κ2) is 9.45. The van der Waals surface area contributed by atoms with Crippen LogP contribution in [0.4, 0.5) is 0 Å². The lowest BCUT2D eigenvalue weighted by Crippen LogP contribution is -2.34. The van der Waals surface area contributed by atoms with Gasteiger partial charge in [0.25, 0.3) is 0 Å². The van der Waals surface area contributed by atoms with Gasteiger partial charge in [-0.1, -0.05) is 24.3 Å². The molecule has 2 aromatic rings. The highest BCUT2D eigenvalue weighted by Gasteiger charge is 2.16. The predicted octanol–water partition coefficient (Wildman–Crippen LogP) is 3.63. The third-order valence-corrected chi connectivity index (χ3v) is 4.86. The highest BCUT2D eigenvalue weighted by Crippen LogP contribution is 2.22. The molecule has 0 saturated heterocycles. The summed E-state index contributed by atoms with van der Waals surface area (Å²) in [5.74, 6) is 0.968. The number of carbonyl (C=O) groups is 1. The molecule has 1 heterocycles. The van der Waals surface area contributed by atoms with Crippen LogP contribution in [0.15, 0.2) is 41.8 Å². The summed E-state index contributed by atoms with van der Waals surface area (Å²) in [6.45, 7) is 3.21. The van der Waals surface area contributed by atoms with Crippen molar-refractivity contribution in [2.24, 2.45) is 0 Å². The van der Waals surface area contributed by atoms with Gasteiger partial charge in [-0.05, 0) is 50.5 Å². The van der Waals surface area contributed by atoms with Crippen molar-refractivity contribution in [1.29, 1.82) is 0 Å². The van der Waals surface area contributed by atoms with Crippen LogP contribution >= 0.6 is 11.3 Å². The van der Waals surface area contributed by atoms with Crippen LogP contribution < -0.4 is 10.1 Å². The minimum atomic E-state index is 0.0757. The average Bonchev–Trinajstić information content (AvgIpc) is 3.07. The predicted molar refractivity (Wildman–Crippen MR) is 99.7 cm³/mol. The minimum absolute atomic E-state index is 0.0757. The number of hydrogen-bond acceptors (Lipinski definition) is 4. The molecule has 1 aromatic carbocycles. The molecule has 1 N–H and O–H groups in total. The van der Waals surface area contributed by atoms with E-state index in [2.05, 4.69) is 21.7 Å². The Morgan fingerprint density at radius 1 is 1.25 bits per heavy atom. The maximum atomic E-state index is 12.0. The van der Waals surface area contributed by atoms with Crippen LogP contribution in [0.3, 0.4) is 0 Å². The number of nitrogens with zero attached hydrogens (tertiary/aromatic N) is 1. The summed E-state index contributed by atoms with van der Waals surface area (Å²) in [4.78, 5) is 15.4. The van der Waals surface area contributed by atoms with Gasteiger partial charge >= 0.3 is 0 Å². The van der Waals surface area contributed by atoms with Crippen molar-refractivity contribution in [3.63, 3.8) is 0 Å². The molecule has 0 aliphatic carbocycles. The quantitative estimate of drug-likeness (QED) is 0.705. The summed E-state index contributed by atoms with van der Waals surface area (Å²) in [7, 11) is 4.07. The molecule has 24 heavy (non-hydrogen) atoms. The van der Waals surface area contributed by atoms with E-state index in [4.69, 9.17) is 4.74 Å². The van der Waals surface area contributed by atoms with E-state index in [1.807, 2.05) is 51.4 Å². The lowest BCUT2D eigenvalue weighted by atomic mass is 10.2. The zero-order valence-corrected chi connectivity index (χ0v) is 15.4. The summed E-state index contributed by atoms with van der Waals surface area (Å²) in [6, 6.07) is 12.3. The van der Waals surface area contributed by atoms with E-state index < -0.39 is 0 Å². The van der Waals surface area contributed by atoms with Crippen molar-refractivity contribution in [3.05, 3.63) is 52.2 Å². The first-order valence-electron chi connectivity index (χ1n) is 8.23. The Morgan fingerprint density at radius 3 is 2.71 bits per heavy atom. The van der Waals surface area contributed by atoms with Gasteiger partial charge in [0.1, 0.15) is 5.75 Å². The molecular weight excluding hydrogens is 320 g/mol. The number of para-hydroxylation sites is 1. The fourth-order valence-corrected chi connectivity index (χ4v) is 3.37. The Hall–Kier alpha value is -1.85. The molecule has 130 valence electrons. The number of likely N-dealkylation sites (N-methyl/N-ethyl adjacent to an activating group) is 1. The Balaban J connectivity index is 1.68. The smallest absolute Gasteiger partial charge is 0.220 e. The van der Waals surface area contributed by atoms with Gasteiger partial charge in [-0.2, -0.15) is 0 Å². The van der Waals surface area contributed by atoms with Crippen molar-refractivity contribution in [2.75, 3.05) is 27.2 Å². The number of aryl methyl sites for hydroxylation is 1. The number of hydrogen-bond donors (Lipinski definition) is 1. The second-order valence-corrected chi connectivity index (χ2v) is 7.00. The second-order valence-electron chi connectivity index (χ2n) is 6.02. The monoisotopic (exact) mass is 346 g/mol. The Labute approximate surface area is 148 Å². The van der Waals surface area contributed by atoms with Crippen LogP contribution in [-0.2, 0) is 4.79 Å². The summed E-state index contributed by atoms with van der Waals surface area (Å²) < 4.78 is 5.72. The Morgan fingerprint density at radius 2 is 2.04 bits per heavy atom. The molecule has 0 saturated carbocycles. The molecule has 1 atom stereocenters. The minimum Gasteiger partial charge on any atom is -0.493 e. The van der Waals surface area contributed by atoms with Crippen molar-refractivity contribution in [1.82, 2.24) is 10.2 Å². The van der Waals surface area contributed by atoms with Crippen LogP contribution in [0.25, 0.3) is 0 Å². The molecule has 0 bridgehead atoms. The molecule has 0 aliphatic rings. The fourth-order valence-electron chi connectivity index (χ4n) is 2.45. The topological polar surface area (TPSA) is 41.6 Å². The van der Waals surface area contributed by atoms with E-state index in [0.29, 0.717) is 26.0 Å². The van der Waals surface area contributed by atoms with Crippen molar-refractivity contribution < 1.29 is 9.53 Å². The lowest BCUT2D eigenvalue weighted by molar-refractivity contribution is -0.121. The van der Waals surface area contributed by atoms with Crippen LogP contribution in [0, 0.1) is 6.92 Å². The first-order chi connectivity index (χ1) is 11.6. The van der Waals surface area contributed by atoms with E-state index >= 15 is 0 Å². The standard InChI is InChI=1S/C19H26N2O2S/c1-15-8-4-5-9-17(15)23-12-6-11-19(22)20-14-16(21(2)3)18-10-7-13-24-18/h4-5,7-10,13,16H,6,11-12,14H2,1-3H3,(H,20,22). The van der Waals surface area contributed by atoms with Gasteiger partial charge in [-0.25, -0.2) is 0 Å². The van der Waals surface area contributed by atoms with Gasteiger partial charge in [-0.3, -0.25) is 4.79 Å². The molecule has 0 spiro atoms. The number of rotatable bonds is 9. The van der Waals surface area contributed by atoms with Crippen LogP contribution in [0.1, 0.15) is 29.3 Å². The van der Waals surface area contributed by atoms with Gasteiger partial charge in [-0.15, -0.1) is 11.3 Å². The molecular formula is C19H26N2O2S. The van der Waals surface area contributed by atoms with Gasteiger partial charge in [0.15, 0.2) is 0 Å². The van der Waals surface area contributed by atoms with Crippen LogP contribution in [0.2, 0.25) is 0 Å². The zero-order chi connectivity index (χ0) is 17.4. The zero-order valence-electron chi connectivity index (χ0n) is 14.6. The van der Waals surface area contributed by atoms with E-state index in [1.54, 1.807) is 11.3 Å². The third-order valence-electron chi connectivity index (χ3n) is 3.89. The highest BCUT2D eigenvalue weighted by atomic mass is 32.1. The normalized spacial score (nSPS) is 12.2. The van der Waals surface area contributed by atoms with E-state index in [1.165, 1.54) is 4.88 Å².